The van der Waals surface area contributed by atoms with Gasteiger partial charge < -0.3 is 14.6 Å². The van der Waals surface area contributed by atoms with Crippen LogP contribution < -0.4 is 5.32 Å². The van der Waals surface area contributed by atoms with Crippen molar-refractivity contribution in [3.63, 3.8) is 0 Å². The average molecular weight is 233 g/mol. The van der Waals surface area contributed by atoms with Crippen LogP contribution in [0.3, 0.4) is 0 Å². The van der Waals surface area contributed by atoms with Crippen molar-refractivity contribution in [1.29, 1.82) is 0 Å². The van der Waals surface area contributed by atoms with Crippen LogP contribution in [0.4, 0.5) is 0 Å². The van der Waals surface area contributed by atoms with Gasteiger partial charge in [-0.25, -0.2) is 4.98 Å². The van der Waals surface area contributed by atoms with E-state index in [2.05, 4.69) is 14.9 Å². The maximum Gasteiger partial charge on any atom is 0.0948 e. The van der Waals surface area contributed by atoms with E-state index in [1.54, 1.807) is 0 Å². The van der Waals surface area contributed by atoms with Gasteiger partial charge >= 0.3 is 0 Å². The van der Waals surface area contributed by atoms with Gasteiger partial charge in [-0.1, -0.05) is 0 Å². The topological polar surface area (TPSA) is 39.1 Å². The minimum Gasteiger partial charge on any atom is -0.375 e. The molecule has 3 aliphatic rings. The molecule has 0 aromatic carbocycles. The van der Waals surface area contributed by atoms with Gasteiger partial charge in [-0.3, -0.25) is 0 Å². The number of ether oxygens (including phenoxy) is 1. The fourth-order valence-electron chi connectivity index (χ4n) is 3.51. The fourth-order valence-corrected chi connectivity index (χ4v) is 3.51. The van der Waals surface area contributed by atoms with Crippen molar-refractivity contribution in [2.45, 2.75) is 43.9 Å². The molecule has 3 atom stereocenters. The van der Waals surface area contributed by atoms with E-state index in [0.717, 1.165) is 25.6 Å². The molecule has 3 saturated heterocycles. The molecule has 4 heteroatoms. The third kappa shape index (κ3) is 1.62. The van der Waals surface area contributed by atoms with Gasteiger partial charge in [-0.15, -0.1) is 0 Å². The van der Waals surface area contributed by atoms with Gasteiger partial charge in [0.25, 0.3) is 0 Å². The van der Waals surface area contributed by atoms with Crippen LogP contribution >= 0.6 is 0 Å². The van der Waals surface area contributed by atoms with E-state index in [-0.39, 0.29) is 0 Å². The first-order chi connectivity index (χ1) is 8.40. The number of hydrogen-bond acceptors (Lipinski definition) is 3. The van der Waals surface area contributed by atoms with Crippen molar-refractivity contribution in [2.75, 3.05) is 13.1 Å². The van der Waals surface area contributed by atoms with Gasteiger partial charge in [-0.05, 0) is 19.3 Å². The SMILES string of the molecule is c1ncn(CC2CC3CCC2O3)c1C1CNC1. The molecule has 1 N–H and O–H groups in total. The highest BCUT2D eigenvalue weighted by molar-refractivity contribution is 5.12. The maximum atomic E-state index is 5.93. The summed E-state index contributed by atoms with van der Waals surface area (Å²) in [7, 11) is 0. The zero-order valence-corrected chi connectivity index (χ0v) is 10.0. The molecule has 4 heterocycles. The third-order valence-corrected chi connectivity index (χ3v) is 4.61. The maximum absolute atomic E-state index is 5.93. The van der Waals surface area contributed by atoms with Crippen molar-refractivity contribution in [2.24, 2.45) is 5.92 Å². The Kier molecular flexibility index (Phi) is 2.27. The predicted octanol–water partition coefficient (Wildman–Crippen LogP) is 1.14. The quantitative estimate of drug-likeness (QED) is 0.851. The highest BCUT2D eigenvalue weighted by Gasteiger charge is 2.41. The van der Waals surface area contributed by atoms with Gasteiger partial charge in [0.1, 0.15) is 0 Å². The molecule has 2 bridgehead atoms. The van der Waals surface area contributed by atoms with E-state index in [4.69, 9.17) is 4.74 Å². The Morgan fingerprint density at radius 3 is 3.00 bits per heavy atom. The van der Waals surface area contributed by atoms with E-state index in [0.29, 0.717) is 18.1 Å². The molecule has 92 valence electrons. The van der Waals surface area contributed by atoms with Gasteiger partial charge in [0, 0.05) is 43.4 Å². The largest absolute Gasteiger partial charge is 0.375 e. The molecule has 17 heavy (non-hydrogen) atoms. The Hall–Kier alpha value is -0.870. The molecule has 0 amide bonds. The molecule has 1 aromatic rings. The minimum atomic E-state index is 0.523. The summed E-state index contributed by atoms with van der Waals surface area (Å²) < 4.78 is 8.29. The van der Waals surface area contributed by atoms with Gasteiger partial charge in [0.15, 0.2) is 0 Å². The van der Waals surface area contributed by atoms with E-state index >= 15 is 0 Å². The molecular weight excluding hydrogens is 214 g/mol. The van der Waals surface area contributed by atoms with E-state index < -0.39 is 0 Å². The monoisotopic (exact) mass is 233 g/mol. The Balaban J connectivity index is 1.50. The van der Waals surface area contributed by atoms with Crippen molar-refractivity contribution in [3.05, 3.63) is 18.2 Å². The number of aromatic nitrogens is 2. The smallest absolute Gasteiger partial charge is 0.0948 e. The van der Waals surface area contributed by atoms with Crippen molar-refractivity contribution in [1.82, 2.24) is 14.9 Å². The number of nitrogens with one attached hydrogen (secondary N) is 1. The predicted molar refractivity (Wildman–Crippen MR) is 63.8 cm³/mol. The Morgan fingerprint density at radius 2 is 2.35 bits per heavy atom. The highest BCUT2D eigenvalue weighted by Crippen LogP contribution is 2.39. The van der Waals surface area contributed by atoms with Crippen molar-refractivity contribution < 1.29 is 4.74 Å². The summed E-state index contributed by atoms with van der Waals surface area (Å²) in [5, 5.41) is 3.33. The second-order valence-corrected chi connectivity index (χ2v) is 5.70. The summed E-state index contributed by atoms with van der Waals surface area (Å²) in [6.45, 7) is 3.32. The van der Waals surface area contributed by atoms with Gasteiger partial charge in [0.2, 0.25) is 0 Å². The molecule has 0 spiro atoms. The summed E-state index contributed by atoms with van der Waals surface area (Å²) >= 11 is 0. The lowest BCUT2D eigenvalue weighted by atomic mass is 9.89. The Labute approximate surface area is 101 Å². The number of rotatable bonds is 3. The van der Waals surface area contributed by atoms with Crippen LogP contribution in [0.2, 0.25) is 0 Å². The van der Waals surface area contributed by atoms with Gasteiger partial charge in [-0.2, -0.15) is 0 Å². The second kappa shape index (κ2) is 3.82. The van der Waals surface area contributed by atoms with E-state index in [1.165, 1.54) is 25.0 Å². The molecule has 4 nitrogen and oxygen atoms in total. The molecule has 3 unspecified atom stereocenters. The van der Waals surface area contributed by atoms with Crippen molar-refractivity contribution >= 4 is 0 Å². The first kappa shape index (κ1) is 10.1. The third-order valence-electron chi connectivity index (χ3n) is 4.61. The zero-order chi connectivity index (χ0) is 11.2. The van der Waals surface area contributed by atoms with E-state index in [1.807, 2.05) is 12.5 Å². The molecule has 0 aliphatic carbocycles. The molecular formula is C13H19N3O. The summed E-state index contributed by atoms with van der Waals surface area (Å²) in [5.41, 5.74) is 1.41. The van der Waals surface area contributed by atoms with E-state index in [9.17, 15) is 0 Å². The Bertz CT molecular complexity index is 413. The molecule has 4 rings (SSSR count). The lowest BCUT2D eigenvalue weighted by molar-refractivity contribution is 0.0897. The normalized spacial score (nSPS) is 36.4. The molecule has 1 aromatic heterocycles. The number of nitrogens with zero attached hydrogens (tertiary/aromatic N) is 2. The number of fused-ring (bicyclic) bond motifs is 2. The fraction of sp³-hybridized carbons (Fsp3) is 0.769. The molecule has 0 saturated carbocycles. The van der Waals surface area contributed by atoms with Crippen LogP contribution in [-0.4, -0.2) is 34.8 Å². The first-order valence-electron chi connectivity index (χ1n) is 6.76. The average Bonchev–Trinajstić information content (AvgIpc) is 2.93. The van der Waals surface area contributed by atoms with Crippen LogP contribution in [0, 0.1) is 5.92 Å². The summed E-state index contributed by atoms with van der Waals surface area (Å²) in [4.78, 5) is 4.32. The second-order valence-electron chi connectivity index (χ2n) is 5.70. The van der Waals surface area contributed by atoms with Crippen LogP contribution in [-0.2, 0) is 11.3 Å². The zero-order valence-electron chi connectivity index (χ0n) is 10.0. The molecule has 3 aliphatic heterocycles. The first-order valence-corrected chi connectivity index (χ1v) is 6.76. The molecule has 0 radical (unpaired) electrons. The van der Waals surface area contributed by atoms with Crippen molar-refractivity contribution in [3.8, 4) is 0 Å². The van der Waals surface area contributed by atoms with Crippen LogP contribution in [0.1, 0.15) is 30.9 Å². The standard InChI is InChI=1S/C13H19N3O/c1-2-13-9(3-11(1)17-13)7-16-8-15-6-12(16)10-4-14-5-10/h6,8-11,13-14H,1-5,7H2. The minimum absolute atomic E-state index is 0.523. The Morgan fingerprint density at radius 1 is 1.41 bits per heavy atom. The van der Waals surface area contributed by atoms with Crippen LogP contribution in [0.5, 0.6) is 0 Å². The lowest BCUT2D eigenvalue weighted by Gasteiger charge is -2.29. The summed E-state index contributed by atoms with van der Waals surface area (Å²) in [6, 6.07) is 0. The van der Waals surface area contributed by atoms with Crippen LogP contribution in [0.15, 0.2) is 12.5 Å². The highest BCUT2D eigenvalue weighted by atomic mass is 16.5. The van der Waals surface area contributed by atoms with Gasteiger partial charge in [0.05, 0.1) is 18.5 Å². The summed E-state index contributed by atoms with van der Waals surface area (Å²) in [6.07, 6.45) is 8.93. The molecule has 3 fully saturated rings. The summed E-state index contributed by atoms with van der Waals surface area (Å²) in [5.74, 6) is 1.40. The number of hydrogen-bond donors (Lipinski definition) is 1. The lowest BCUT2D eigenvalue weighted by Crippen LogP contribution is -2.41. The van der Waals surface area contributed by atoms with Crippen LogP contribution in [0.25, 0.3) is 0 Å². The number of imidazole rings is 1.